The topological polar surface area (TPSA) is 93.7 Å². The third-order valence-electron chi connectivity index (χ3n) is 3.62. The van der Waals surface area contributed by atoms with Gasteiger partial charge < -0.3 is 25.7 Å². The highest BCUT2D eigenvalue weighted by atomic mass is 35.5. The SMILES string of the molecule is CN=C(NCc1cccc(OCC(N)=O)c1)NCc1cc(Cl)c(Cl)n1C. The number of aliphatic imine (C=N–C) groups is 1. The maximum atomic E-state index is 10.8. The molecule has 2 rings (SSSR count). The van der Waals surface area contributed by atoms with Crippen molar-refractivity contribution in [2.75, 3.05) is 13.7 Å². The summed E-state index contributed by atoms with van der Waals surface area (Å²) < 4.78 is 7.11. The summed E-state index contributed by atoms with van der Waals surface area (Å²) in [5.41, 5.74) is 6.99. The van der Waals surface area contributed by atoms with Gasteiger partial charge in [0.05, 0.1) is 11.6 Å². The number of nitrogens with zero attached hydrogens (tertiary/aromatic N) is 2. The molecule has 1 heterocycles. The van der Waals surface area contributed by atoms with Gasteiger partial charge in [-0.3, -0.25) is 9.79 Å². The fourth-order valence-corrected chi connectivity index (χ4v) is 2.65. The van der Waals surface area contributed by atoms with E-state index in [0.717, 1.165) is 11.3 Å². The highest BCUT2D eigenvalue weighted by Gasteiger charge is 2.09. The number of benzene rings is 1. The standard InChI is InChI=1S/C17H21Cl2N5O2/c1-21-17(23-9-12-7-14(18)16(19)24(12)2)22-8-11-4-3-5-13(6-11)26-10-15(20)25/h3-7H,8-10H2,1-2H3,(H2,20,25)(H2,21,22,23). The molecule has 140 valence electrons. The second-order valence-electron chi connectivity index (χ2n) is 5.52. The lowest BCUT2D eigenvalue weighted by molar-refractivity contribution is -0.119. The number of amides is 1. The summed E-state index contributed by atoms with van der Waals surface area (Å²) in [5, 5.41) is 7.42. The molecule has 7 nitrogen and oxygen atoms in total. The molecule has 0 aliphatic carbocycles. The first kappa shape index (κ1) is 19.9. The average Bonchev–Trinajstić information content (AvgIpc) is 2.87. The quantitative estimate of drug-likeness (QED) is 0.492. The van der Waals surface area contributed by atoms with Gasteiger partial charge in [0, 0.05) is 26.3 Å². The molecule has 0 spiro atoms. The zero-order chi connectivity index (χ0) is 19.1. The molecule has 0 bridgehead atoms. The number of carbonyl (C=O) groups is 1. The summed E-state index contributed by atoms with van der Waals surface area (Å²) in [6.45, 7) is 0.897. The molecule has 0 saturated heterocycles. The summed E-state index contributed by atoms with van der Waals surface area (Å²) in [6, 6.07) is 9.19. The molecule has 9 heteroatoms. The number of nitrogens with one attached hydrogen (secondary N) is 2. The van der Waals surface area contributed by atoms with Gasteiger partial charge in [0.25, 0.3) is 5.91 Å². The van der Waals surface area contributed by atoms with E-state index in [-0.39, 0.29) is 6.61 Å². The van der Waals surface area contributed by atoms with E-state index in [1.54, 1.807) is 13.1 Å². The molecule has 0 aliphatic rings. The third kappa shape index (κ3) is 5.57. The van der Waals surface area contributed by atoms with E-state index in [0.29, 0.717) is 35.0 Å². The maximum absolute atomic E-state index is 10.8. The molecule has 26 heavy (non-hydrogen) atoms. The Morgan fingerprint density at radius 3 is 2.62 bits per heavy atom. The summed E-state index contributed by atoms with van der Waals surface area (Å²) in [7, 11) is 3.53. The van der Waals surface area contributed by atoms with Crippen LogP contribution in [-0.4, -0.2) is 30.1 Å². The van der Waals surface area contributed by atoms with E-state index in [4.69, 9.17) is 33.7 Å². The molecule has 0 unspecified atom stereocenters. The number of hydrogen-bond acceptors (Lipinski definition) is 3. The van der Waals surface area contributed by atoms with Gasteiger partial charge in [0.15, 0.2) is 12.6 Å². The molecule has 0 radical (unpaired) electrons. The number of guanidine groups is 1. The maximum Gasteiger partial charge on any atom is 0.255 e. The van der Waals surface area contributed by atoms with Gasteiger partial charge in [0.1, 0.15) is 10.9 Å². The molecular weight excluding hydrogens is 377 g/mol. The molecule has 0 fully saturated rings. The van der Waals surface area contributed by atoms with E-state index in [1.807, 2.05) is 35.9 Å². The van der Waals surface area contributed by atoms with Gasteiger partial charge in [-0.05, 0) is 23.8 Å². The Hall–Kier alpha value is -2.38. The van der Waals surface area contributed by atoms with Crippen molar-refractivity contribution in [3.63, 3.8) is 0 Å². The van der Waals surface area contributed by atoms with Crippen LogP contribution in [-0.2, 0) is 24.9 Å². The Bertz CT molecular complexity index is 804. The molecule has 1 aromatic heterocycles. The average molecular weight is 398 g/mol. The molecule has 1 amide bonds. The van der Waals surface area contributed by atoms with E-state index in [2.05, 4.69) is 15.6 Å². The monoisotopic (exact) mass is 397 g/mol. The minimum Gasteiger partial charge on any atom is -0.484 e. The molecule has 4 N–H and O–H groups in total. The zero-order valence-corrected chi connectivity index (χ0v) is 16.1. The lowest BCUT2D eigenvalue weighted by Gasteiger charge is -2.13. The van der Waals surface area contributed by atoms with E-state index in [1.165, 1.54) is 0 Å². The van der Waals surface area contributed by atoms with Crippen LogP contribution in [0.2, 0.25) is 10.2 Å². The largest absolute Gasteiger partial charge is 0.484 e. The molecule has 1 aromatic carbocycles. The third-order valence-corrected chi connectivity index (χ3v) is 4.46. The van der Waals surface area contributed by atoms with Crippen LogP contribution in [0, 0.1) is 0 Å². The van der Waals surface area contributed by atoms with E-state index < -0.39 is 5.91 Å². The van der Waals surface area contributed by atoms with Crippen LogP contribution < -0.4 is 21.1 Å². The first-order chi connectivity index (χ1) is 12.4. The van der Waals surface area contributed by atoms with Crippen molar-refractivity contribution in [3.8, 4) is 5.75 Å². The van der Waals surface area contributed by atoms with Crippen molar-refractivity contribution in [2.45, 2.75) is 13.1 Å². The van der Waals surface area contributed by atoms with Crippen molar-refractivity contribution in [1.82, 2.24) is 15.2 Å². The Labute approximate surface area is 162 Å². The molecule has 0 atom stereocenters. The lowest BCUT2D eigenvalue weighted by Crippen LogP contribution is -2.36. The van der Waals surface area contributed by atoms with Gasteiger partial charge in [-0.1, -0.05) is 35.3 Å². The molecular formula is C17H21Cl2N5O2. The fourth-order valence-electron chi connectivity index (χ4n) is 2.24. The summed E-state index contributed by atoms with van der Waals surface area (Å²) in [6.07, 6.45) is 0. The van der Waals surface area contributed by atoms with Crippen LogP contribution in [0.15, 0.2) is 35.3 Å². The fraction of sp³-hybridized carbons (Fsp3) is 0.294. The number of primary amides is 1. The smallest absolute Gasteiger partial charge is 0.255 e. The minimum atomic E-state index is -0.515. The minimum absolute atomic E-state index is 0.151. The second-order valence-corrected chi connectivity index (χ2v) is 6.28. The first-order valence-electron chi connectivity index (χ1n) is 7.85. The molecule has 0 saturated carbocycles. The number of carbonyl (C=O) groups excluding carboxylic acids is 1. The molecule has 2 aromatic rings. The van der Waals surface area contributed by atoms with Crippen LogP contribution in [0.5, 0.6) is 5.75 Å². The van der Waals surface area contributed by atoms with Gasteiger partial charge in [-0.15, -0.1) is 0 Å². The molecule has 0 aliphatic heterocycles. The van der Waals surface area contributed by atoms with Crippen LogP contribution in [0.3, 0.4) is 0 Å². The predicted molar refractivity (Wildman–Crippen MR) is 104 cm³/mol. The van der Waals surface area contributed by atoms with Crippen LogP contribution in [0.1, 0.15) is 11.3 Å². The van der Waals surface area contributed by atoms with Gasteiger partial charge >= 0.3 is 0 Å². The summed E-state index contributed by atoms with van der Waals surface area (Å²) in [4.78, 5) is 15.0. The van der Waals surface area contributed by atoms with Crippen LogP contribution in [0.4, 0.5) is 0 Å². The number of ether oxygens (including phenoxy) is 1. The highest BCUT2D eigenvalue weighted by Crippen LogP contribution is 2.24. The number of nitrogens with two attached hydrogens (primary N) is 1. The normalized spacial score (nSPS) is 11.3. The lowest BCUT2D eigenvalue weighted by atomic mass is 10.2. The Kier molecular flexibility index (Phi) is 7.17. The van der Waals surface area contributed by atoms with Crippen molar-refractivity contribution >= 4 is 35.1 Å². The van der Waals surface area contributed by atoms with Gasteiger partial charge in [-0.2, -0.15) is 0 Å². The van der Waals surface area contributed by atoms with Crippen molar-refractivity contribution in [3.05, 3.63) is 51.8 Å². The van der Waals surface area contributed by atoms with E-state index in [9.17, 15) is 4.79 Å². The predicted octanol–water partition coefficient (Wildman–Crippen LogP) is 2.06. The Balaban J connectivity index is 1.89. The van der Waals surface area contributed by atoms with Crippen molar-refractivity contribution < 1.29 is 9.53 Å². The zero-order valence-electron chi connectivity index (χ0n) is 14.6. The second kappa shape index (κ2) is 9.35. The first-order valence-corrected chi connectivity index (χ1v) is 8.60. The number of aromatic nitrogens is 1. The highest BCUT2D eigenvalue weighted by molar-refractivity contribution is 6.41. The van der Waals surface area contributed by atoms with Crippen molar-refractivity contribution in [2.24, 2.45) is 17.8 Å². The van der Waals surface area contributed by atoms with Gasteiger partial charge in [-0.25, -0.2) is 0 Å². The summed E-state index contributed by atoms with van der Waals surface area (Å²) in [5.74, 6) is 0.694. The number of hydrogen-bond donors (Lipinski definition) is 3. The van der Waals surface area contributed by atoms with Crippen molar-refractivity contribution in [1.29, 1.82) is 0 Å². The van der Waals surface area contributed by atoms with Crippen LogP contribution >= 0.6 is 23.2 Å². The van der Waals surface area contributed by atoms with Gasteiger partial charge in [0.2, 0.25) is 0 Å². The summed E-state index contributed by atoms with van der Waals surface area (Å²) >= 11 is 12.1. The van der Waals surface area contributed by atoms with Crippen LogP contribution in [0.25, 0.3) is 0 Å². The number of halogens is 2. The Morgan fingerprint density at radius 1 is 1.27 bits per heavy atom. The Morgan fingerprint density at radius 2 is 2.00 bits per heavy atom. The van der Waals surface area contributed by atoms with E-state index >= 15 is 0 Å². The number of rotatable bonds is 7.